The first-order chi connectivity index (χ1) is 12.4. The van der Waals surface area contributed by atoms with Crippen molar-refractivity contribution in [2.45, 2.75) is 12.3 Å². The van der Waals surface area contributed by atoms with E-state index in [-0.39, 0.29) is 36.5 Å². The third kappa shape index (κ3) is 3.93. The molecule has 1 saturated heterocycles. The summed E-state index contributed by atoms with van der Waals surface area (Å²) in [7, 11) is 0. The molecule has 1 aliphatic heterocycles. The van der Waals surface area contributed by atoms with Crippen molar-refractivity contribution in [2.75, 3.05) is 18.0 Å². The number of carbonyl (C=O) groups excluding carboxylic acids is 1. The minimum absolute atomic E-state index is 0.174. The number of carbonyl (C=O) groups is 1. The number of hydrogen-bond acceptors (Lipinski definition) is 4. The number of aromatic nitrogens is 3. The highest BCUT2D eigenvalue weighted by atomic mass is 19.3. The molecule has 1 amide bonds. The zero-order valence-electron chi connectivity index (χ0n) is 13.6. The van der Waals surface area contributed by atoms with Gasteiger partial charge in [0.25, 0.3) is 11.8 Å². The van der Waals surface area contributed by atoms with Crippen LogP contribution in [0.1, 0.15) is 16.8 Å². The van der Waals surface area contributed by atoms with Gasteiger partial charge in [0.15, 0.2) is 5.65 Å². The van der Waals surface area contributed by atoms with E-state index in [1.807, 2.05) is 0 Å². The van der Waals surface area contributed by atoms with Crippen LogP contribution in [0.15, 0.2) is 48.8 Å². The molecule has 1 aromatic carbocycles. The Hall–Kier alpha value is -3.10. The predicted molar refractivity (Wildman–Crippen MR) is 89.7 cm³/mol. The van der Waals surface area contributed by atoms with E-state index in [0.717, 1.165) is 0 Å². The molecule has 0 unspecified atom stereocenters. The van der Waals surface area contributed by atoms with E-state index < -0.39 is 11.8 Å². The first-order valence-corrected chi connectivity index (χ1v) is 7.83. The van der Waals surface area contributed by atoms with E-state index in [1.54, 1.807) is 30.5 Å². The Morgan fingerprint density at radius 1 is 1.19 bits per heavy atom. The number of nitrogens with zero attached hydrogens (tertiary/aromatic N) is 4. The third-order valence-electron chi connectivity index (χ3n) is 3.85. The van der Waals surface area contributed by atoms with Gasteiger partial charge in [0, 0.05) is 19.2 Å². The molecular weight excluding hydrogens is 347 g/mol. The lowest BCUT2D eigenvalue weighted by molar-refractivity contribution is 0.0256. The summed E-state index contributed by atoms with van der Waals surface area (Å²) in [5, 5.41) is 3.92. The van der Waals surface area contributed by atoms with Gasteiger partial charge in [-0.05, 0) is 18.2 Å². The Labute approximate surface area is 147 Å². The molecule has 136 valence electrons. The Morgan fingerprint density at radius 3 is 2.46 bits per heavy atom. The molecule has 2 N–H and O–H groups in total. The lowest BCUT2D eigenvalue weighted by Gasteiger charge is -2.16. The van der Waals surface area contributed by atoms with Crippen LogP contribution >= 0.6 is 0 Å². The van der Waals surface area contributed by atoms with Gasteiger partial charge in [0.1, 0.15) is 17.2 Å². The number of fused-ring (bicyclic) bond motifs is 1. The first kappa shape index (κ1) is 17.7. The molecule has 1 fully saturated rings. The molecule has 26 heavy (non-hydrogen) atoms. The van der Waals surface area contributed by atoms with Crippen LogP contribution in [-0.2, 0) is 0 Å². The fourth-order valence-corrected chi connectivity index (χ4v) is 2.56. The number of anilines is 1. The second-order valence-electron chi connectivity index (χ2n) is 5.80. The molecule has 9 heteroatoms. The van der Waals surface area contributed by atoms with Crippen molar-refractivity contribution in [3.05, 3.63) is 60.2 Å². The van der Waals surface area contributed by atoms with Gasteiger partial charge in [-0.1, -0.05) is 18.2 Å². The van der Waals surface area contributed by atoms with E-state index in [1.165, 1.54) is 27.7 Å². The molecule has 0 bridgehead atoms. The van der Waals surface area contributed by atoms with Crippen molar-refractivity contribution < 1.29 is 18.0 Å². The van der Waals surface area contributed by atoms with Crippen molar-refractivity contribution in [1.82, 2.24) is 14.6 Å². The van der Waals surface area contributed by atoms with Crippen molar-refractivity contribution in [3.8, 4) is 0 Å². The summed E-state index contributed by atoms with van der Waals surface area (Å²) in [6.45, 7) is -0.133. The Morgan fingerprint density at radius 2 is 1.92 bits per heavy atom. The fraction of sp³-hybridized carbons (Fsp3) is 0.235. The summed E-state index contributed by atoms with van der Waals surface area (Å²) < 4.78 is 39.7. The van der Waals surface area contributed by atoms with Crippen LogP contribution in [-0.4, -0.2) is 39.5 Å². The molecule has 4 rings (SSSR count). The Bertz CT molecular complexity index is 913. The number of alkyl halides is 2. The highest BCUT2D eigenvalue weighted by Gasteiger charge is 2.38. The SMILES string of the molecule is Fc1ccccc1.NC(=O)c1cnn2ccc(N3CCC(F)(F)C3)nc12. The molecule has 6 nitrogen and oxygen atoms in total. The van der Waals surface area contributed by atoms with Gasteiger partial charge in [0.2, 0.25) is 0 Å². The molecule has 0 saturated carbocycles. The fourth-order valence-electron chi connectivity index (χ4n) is 2.56. The molecule has 0 radical (unpaired) electrons. The van der Waals surface area contributed by atoms with Crippen LogP contribution in [0.4, 0.5) is 19.0 Å². The lowest BCUT2D eigenvalue weighted by atomic mass is 10.3. The van der Waals surface area contributed by atoms with Crippen LogP contribution in [0, 0.1) is 5.82 Å². The maximum absolute atomic E-state index is 13.2. The largest absolute Gasteiger partial charge is 0.365 e. The summed E-state index contributed by atoms with van der Waals surface area (Å²) >= 11 is 0. The topological polar surface area (TPSA) is 76.5 Å². The van der Waals surface area contributed by atoms with Crippen molar-refractivity contribution >= 4 is 17.4 Å². The second-order valence-corrected chi connectivity index (χ2v) is 5.80. The van der Waals surface area contributed by atoms with E-state index in [0.29, 0.717) is 5.82 Å². The minimum Gasteiger partial charge on any atom is -0.365 e. The number of rotatable bonds is 2. The van der Waals surface area contributed by atoms with Crippen molar-refractivity contribution in [1.29, 1.82) is 0 Å². The zero-order valence-corrected chi connectivity index (χ0v) is 13.6. The van der Waals surface area contributed by atoms with Gasteiger partial charge in [-0.2, -0.15) is 5.10 Å². The predicted octanol–water partition coefficient (Wildman–Crippen LogP) is 2.50. The van der Waals surface area contributed by atoms with Gasteiger partial charge < -0.3 is 10.6 Å². The van der Waals surface area contributed by atoms with E-state index in [9.17, 15) is 18.0 Å². The van der Waals surface area contributed by atoms with E-state index >= 15 is 0 Å². The molecule has 3 heterocycles. The quantitative estimate of drug-likeness (QED) is 0.759. The summed E-state index contributed by atoms with van der Waals surface area (Å²) in [4.78, 5) is 16.9. The van der Waals surface area contributed by atoms with Crippen LogP contribution in [0.25, 0.3) is 5.65 Å². The van der Waals surface area contributed by atoms with Crippen molar-refractivity contribution in [2.24, 2.45) is 5.73 Å². The molecule has 0 spiro atoms. The summed E-state index contributed by atoms with van der Waals surface area (Å²) in [5.41, 5.74) is 5.66. The number of amides is 1. The molecule has 2 aromatic heterocycles. The van der Waals surface area contributed by atoms with Gasteiger partial charge in [-0.15, -0.1) is 0 Å². The summed E-state index contributed by atoms with van der Waals surface area (Å²) in [6.07, 6.45) is 2.69. The Kier molecular flexibility index (Phi) is 4.79. The molecular formula is C17H16F3N5O. The molecule has 0 atom stereocenters. The average molecular weight is 363 g/mol. The number of hydrogen-bond donors (Lipinski definition) is 1. The normalized spacial score (nSPS) is 15.6. The van der Waals surface area contributed by atoms with Crippen LogP contribution in [0.2, 0.25) is 0 Å². The Balaban J connectivity index is 0.000000236. The zero-order chi connectivity index (χ0) is 18.7. The standard InChI is InChI=1S/C11H11F2N5O.C6H5F/c12-11(13)2-4-17(6-11)8-1-3-18-10(16-8)7(5-15-18)9(14)19;7-6-4-2-1-3-5-6/h1,3,5H,2,4,6H2,(H2,14,19);1-5H. The molecule has 1 aliphatic rings. The highest BCUT2D eigenvalue weighted by molar-refractivity contribution is 5.98. The minimum atomic E-state index is -2.69. The highest BCUT2D eigenvalue weighted by Crippen LogP contribution is 2.30. The molecule has 0 aliphatic carbocycles. The second kappa shape index (κ2) is 7.03. The lowest BCUT2D eigenvalue weighted by Crippen LogP contribution is -2.25. The first-order valence-electron chi connectivity index (χ1n) is 7.83. The van der Waals surface area contributed by atoms with Gasteiger partial charge in [-0.25, -0.2) is 22.7 Å². The molecule has 3 aromatic rings. The number of benzene rings is 1. The maximum Gasteiger partial charge on any atom is 0.266 e. The van der Waals surface area contributed by atoms with E-state index in [2.05, 4.69) is 10.1 Å². The average Bonchev–Trinajstić information content (AvgIpc) is 3.18. The number of halogens is 3. The maximum atomic E-state index is 13.2. The monoisotopic (exact) mass is 363 g/mol. The van der Waals surface area contributed by atoms with Gasteiger partial charge >= 0.3 is 0 Å². The third-order valence-corrected chi connectivity index (χ3v) is 3.85. The number of primary amides is 1. The van der Waals surface area contributed by atoms with Crippen molar-refractivity contribution in [3.63, 3.8) is 0 Å². The van der Waals surface area contributed by atoms with Crippen LogP contribution in [0.3, 0.4) is 0 Å². The van der Waals surface area contributed by atoms with E-state index in [4.69, 9.17) is 5.73 Å². The van der Waals surface area contributed by atoms with Gasteiger partial charge in [-0.3, -0.25) is 4.79 Å². The van der Waals surface area contributed by atoms with Crippen LogP contribution in [0.5, 0.6) is 0 Å². The summed E-state index contributed by atoms with van der Waals surface area (Å²) in [6, 6.07) is 9.53. The number of nitrogens with two attached hydrogens (primary N) is 1. The van der Waals surface area contributed by atoms with Gasteiger partial charge in [0.05, 0.1) is 12.7 Å². The smallest absolute Gasteiger partial charge is 0.266 e. The summed E-state index contributed by atoms with van der Waals surface area (Å²) in [5.74, 6) is -3.12. The van der Waals surface area contributed by atoms with Crippen LogP contribution < -0.4 is 10.6 Å².